The molecular weight excluding hydrogens is 287 g/mol. The molecule has 0 aromatic heterocycles. The van der Waals surface area contributed by atoms with Crippen molar-refractivity contribution in [1.29, 1.82) is 0 Å². The van der Waals surface area contributed by atoms with E-state index in [9.17, 15) is 9.18 Å². The van der Waals surface area contributed by atoms with Crippen molar-refractivity contribution in [2.75, 3.05) is 18.4 Å². The predicted octanol–water partition coefficient (Wildman–Crippen LogP) is 3.52. The molecule has 1 aromatic rings. The SMILES string of the molecule is Cc1cc(Br)c(F)cc1NC(=O)N1CCCC1. The van der Waals surface area contributed by atoms with Crippen LogP contribution in [-0.4, -0.2) is 24.0 Å². The Hall–Kier alpha value is -1.10. The number of halogens is 2. The average Bonchev–Trinajstić information content (AvgIpc) is 2.79. The summed E-state index contributed by atoms with van der Waals surface area (Å²) in [6.45, 7) is 3.40. The van der Waals surface area contributed by atoms with E-state index < -0.39 is 0 Å². The zero-order chi connectivity index (χ0) is 12.4. The zero-order valence-electron chi connectivity index (χ0n) is 9.59. The molecule has 1 N–H and O–H groups in total. The molecule has 0 atom stereocenters. The summed E-state index contributed by atoms with van der Waals surface area (Å²) in [6, 6.07) is 2.86. The van der Waals surface area contributed by atoms with Gasteiger partial charge in [0.2, 0.25) is 0 Å². The van der Waals surface area contributed by atoms with E-state index in [4.69, 9.17) is 0 Å². The Kier molecular flexibility index (Phi) is 3.66. The number of hydrogen-bond donors (Lipinski definition) is 1. The molecule has 1 heterocycles. The number of amides is 2. The summed E-state index contributed by atoms with van der Waals surface area (Å²) in [4.78, 5) is 13.6. The molecule has 92 valence electrons. The molecule has 0 unspecified atom stereocenters. The molecule has 0 spiro atoms. The first-order chi connectivity index (χ1) is 8.08. The second-order valence-corrected chi connectivity index (χ2v) is 5.06. The third kappa shape index (κ3) is 2.77. The normalized spacial score (nSPS) is 15.1. The lowest BCUT2D eigenvalue weighted by molar-refractivity contribution is 0.222. The third-order valence-corrected chi connectivity index (χ3v) is 3.51. The predicted molar refractivity (Wildman–Crippen MR) is 68.7 cm³/mol. The first-order valence-electron chi connectivity index (χ1n) is 5.59. The van der Waals surface area contributed by atoms with Crippen LogP contribution < -0.4 is 5.32 Å². The average molecular weight is 301 g/mol. The minimum Gasteiger partial charge on any atom is -0.325 e. The van der Waals surface area contributed by atoms with Crippen LogP contribution in [0.4, 0.5) is 14.9 Å². The Morgan fingerprint density at radius 2 is 2.06 bits per heavy atom. The summed E-state index contributed by atoms with van der Waals surface area (Å²) in [6.07, 6.45) is 2.09. The van der Waals surface area contributed by atoms with Gasteiger partial charge in [0.15, 0.2) is 0 Å². The molecule has 0 saturated carbocycles. The summed E-state index contributed by atoms with van der Waals surface area (Å²) in [7, 11) is 0. The van der Waals surface area contributed by atoms with Gasteiger partial charge in [-0.1, -0.05) is 0 Å². The number of nitrogens with zero attached hydrogens (tertiary/aromatic N) is 1. The largest absolute Gasteiger partial charge is 0.325 e. The van der Waals surface area contributed by atoms with Gasteiger partial charge in [0.05, 0.1) is 4.47 Å². The molecule has 0 aliphatic carbocycles. The van der Waals surface area contributed by atoms with Crippen molar-refractivity contribution >= 4 is 27.6 Å². The van der Waals surface area contributed by atoms with Crippen molar-refractivity contribution < 1.29 is 9.18 Å². The number of anilines is 1. The molecule has 0 bridgehead atoms. The minimum absolute atomic E-state index is 0.146. The monoisotopic (exact) mass is 300 g/mol. The number of carbonyl (C=O) groups is 1. The number of nitrogens with one attached hydrogen (secondary N) is 1. The van der Waals surface area contributed by atoms with Crippen LogP contribution in [0.5, 0.6) is 0 Å². The zero-order valence-corrected chi connectivity index (χ0v) is 11.2. The number of benzene rings is 1. The molecule has 0 radical (unpaired) electrons. The van der Waals surface area contributed by atoms with Crippen LogP contribution >= 0.6 is 15.9 Å². The van der Waals surface area contributed by atoms with E-state index in [1.165, 1.54) is 6.07 Å². The molecule has 1 aromatic carbocycles. The van der Waals surface area contributed by atoms with Crippen molar-refractivity contribution in [3.05, 3.63) is 28.0 Å². The summed E-state index contributed by atoms with van der Waals surface area (Å²) in [5, 5.41) is 2.75. The summed E-state index contributed by atoms with van der Waals surface area (Å²) in [5.74, 6) is -0.368. The highest BCUT2D eigenvalue weighted by Gasteiger charge is 2.18. The van der Waals surface area contributed by atoms with Crippen LogP contribution in [0, 0.1) is 12.7 Å². The van der Waals surface area contributed by atoms with E-state index in [0.29, 0.717) is 10.2 Å². The molecule has 1 saturated heterocycles. The summed E-state index contributed by atoms with van der Waals surface area (Å²) < 4.78 is 13.8. The maximum atomic E-state index is 13.4. The topological polar surface area (TPSA) is 32.3 Å². The van der Waals surface area contributed by atoms with E-state index in [1.807, 2.05) is 6.92 Å². The highest BCUT2D eigenvalue weighted by atomic mass is 79.9. The van der Waals surface area contributed by atoms with Gasteiger partial charge < -0.3 is 10.2 Å². The van der Waals surface area contributed by atoms with Gasteiger partial charge in [0.25, 0.3) is 0 Å². The first-order valence-corrected chi connectivity index (χ1v) is 6.39. The quantitative estimate of drug-likeness (QED) is 0.845. The van der Waals surface area contributed by atoms with Gasteiger partial charge in [-0.15, -0.1) is 0 Å². The minimum atomic E-state index is -0.368. The van der Waals surface area contributed by atoms with Crippen molar-refractivity contribution in [2.24, 2.45) is 0 Å². The second-order valence-electron chi connectivity index (χ2n) is 4.21. The second kappa shape index (κ2) is 5.04. The number of urea groups is 1. The summed E-state index contributed by atoms with van der Waals surface area (Å²) >= 11 is 3.11. The number of hydrogen-bond acceptors (Lipinski definition) is 1. The Morgan fingerprint density at radius 1 is 1.41 bits per heavy atom. The van der Waals surface area contributed by atoms with Crippen molar-refractivity contribution in [1.82, 2.24) is 4.90 Å². The lowest BCUT2D eigenvalue weighted by Gasteiger charge is -2.17. The molecule has 2 amide bonds. The van der Waals surface area contributed by atoms with Crippen molar-refractivity contribution in [3.63, 3.8) is 0 Å². The maximum absolute atomic E-state index is 13.4. The van der Waals surface area contributed by atoms with Gasteiger partial charge in [-0.2, -0.15) is 0 Å². The van der Waals surface area contributed by atoms with Gasteiger partial charge in [-0.05, 0) is 53.4 Å². The van der Waals surface area contributed by atoms with Crippen LogP contribution in [0.25, 0.3) is 0 Å². The molecule has 3 nitrogen and oxygen atoms in total. The van der Waals surface area contributed by atoms with Gasteiger partial charge in [0.1, 0.15) is 5.82 Å². The number of carbonyl (C=O) groups excluding carboxylic acids is 1. The maximum Gasteiger partial charge on any atom is 0.321 e. The van der Waals surface area contributed by atoms with Crippen LogP contribution in [-0.2, 0) is 0 Å². The highest BCUT2D eigenvalue weighted by Crippen LogP contribution is 2.24. The molecule has 1 aliphatic heterocycles. The van der Waals surface area contributed by atoms with Crippen LogP contribution in [0.2, 0.25) is 0 Å². The van der Waals surface area contributed by atoms with E-state index in [2.05, 4.69) is 21.2 Å². The number of likely N-dealkylation sites (tertiary alicyclic amines) is 1. The lowest BCUT2D eigenvalue weighted by atomic mass is 10.2. The molecular formula is C12H14BrFN2O. The van der Waals surface area contributed by atoms with E-state index in [-0.39, 0.29) is 11.8 Å². The number of aryl methyl sites for hydroxylation is 1. The van der Waals surface area contributed by atoms with Gasteiger partial charge in [0, 0.05) is 18.8 Å². The molecule has 2 rings (SSSR count). The van der Waals surface area contributed by atoms with Gasteiger partial charge in [-0.25, -0.2) is 9.18 Å². The fraction of sp³-hybridized carbons (Fsp3) is 0.417. The lowest BCUT2D eigenvalue weighted by Crippen LogP contribution is -2.32. The van der Waals surface area contributed by atoms with Crippen LogP contribution in [0.3, 0.4) is 0 Å². The smallest absolute Gasteiger partial charge is 0.321 e. The Bertz CT molecular complexity index is 444. The Balaban J connectivity index is 2.12. The molecule has 17 heavy (non-hydrogen) atoms. The van der Waals surface area contributed by atoms with Gasteiger partial charge in [-0.3, -0.25) is 0 Å². The fourth-order valence-corrected chi connectivity index (χ4v) is 2.35. The van der Waals surface area contributed by atoms with Crippen molar-refractivity contribution in [2.45, 2.75) is 19.8 Å². The van der Waals surface area contributed by atoms with Crippen molar-refractivity contribution in [3.8, 4) is 0 Å². The van der Waals surface area contributed by atoms with Crippen LogP contribution in [0.1, 0.15) is 18.4 Å². The van der Waals surface area contributed by atoms with E-state index in [0.717, 1.165) is 31.5 Å². The molecule has 1 fully saturated rings. The van der Waals surface area contributed by atoms with E-state index >= 15 is 0 Å². The van der Waals surface area contributed by atoms with Crippen LogP contribution in [0.15, 0.2) is 16.6 Å². The molecule has 1 aliphatic rings. The fourth-order valence-electron chi connectivity index (χ4n) is 1.90. The molecule has 5 heteroatoms. The standard InChI is InChI=1S/C12H14BrFN2O/c1-8-6-9(13)10(14)7-11(8)15-12(17)16-4-2-3-5-16/h6-7H,2-5H2,1H3,(H,15,17). The highest BCUT2D eigenvalue weighted by molar-refractivity contribution is 9.10. The number of rotatable bonds is 1. The Labute approximate surface area is 108 Å². The third-order valence-electron chi connectivity index (χ3n) is 2.90. The first kappa shape index (κ1) is 12.4. The summed E-state index contributed by atoms with van der Waals surface area (Å²) in [5.41, 5.74) is 1.37. The van der Waals surface area contributed by atoms with E-state index in [1.54, 1.807) is 11.0 Å². The van der Waals surface area contributed by atoms with Gasteiger partial charge >= 0.3 is 6.03 Å². The Morgan fingerprint density at radius 3 is 2.71 bits per heavy atom.